The summed E-state index contributed by atoms with van der Waals surface area (Å²) in [7, 11) is 0. The zero-order chi connectivity index (χ0) is 25.7. The highest BCUT2D eigenvalue weighted by Crippen LogP contribution is 2.25. The van der Waals surface area contributed by atoms with Gasteiger partial charge in [-0.25, -0.2) is 4.79 Å². The van der Waals surface area contributed by atoms with Crippen LogP contribution in [0.1, 0.15) is 52.9 Å². The third-order valence-corrected chi connectivity index (χ3v) is 6.46. The molecule has 0 fully saturated rings. The molecule has 35 heavy (non-hydrogen) atoms. The average molecular weight is 493 g/mol. The molecule has 0 saturated carbocycles. The van der Waals surface area contributed by atoms with Gasteiger partial charge < -0.3 is 24.0 Å². The van der Waals surface area contributed by atoms with E-state index in [0.29, 0.717) is 19.5 Å². The van der Waals surface area contributed by atoms with E-state index in [1.54, 1.807) is 0 Å². The summed E-state index contributed by atoms with van der Waals surface area (Å²) >= 11 is 0. The molecular weight excluding hydrogens is 452 g/mol. The van der Waals surface area contributed by atoms with Gasteiger partial charge in [-0.1, -0.05) is 13.5 Å². The van der Waals surface area contributed by atoms with Crippen LogP contribution in [0.5, 0.6) is 0 Å². The molecule has 0 spiro atoms. The topological polar surface area (TPSA) is 110 Å². The van der Waals surface area contributed by atoms with Crippen molar-refractivity contribution in [3.63, 3.8) is 0 Å². The lowest BCUT2D eigenvalue weighted by atomic mass is 9.88. The minimum absolute atomic E-state index is 0.0228. The highest BCUT2D eigenvalue weighted by atomic mass is 16.6. The van der Waals surface area contributed by atoms with E-state index < -0.39 is 11.4 Å². The van der Waals surface area contributed by atoms with E-state index in [4.69, 9.17) is 14.2 Å². The maximum Gasteiger partial charge on any atom is 0.330 e. The number of esters is 3. The highest BCUT2D eigenvalue weighted by Gasteiger charge is 2.34. The van der Waals surface area contributed by atoms with Gasteiger partial charge in [-0.15, -0.1) is 0 Å². The van der Waals surface area contributed by atoms with Crippen LogP contribution in [-0.4, -0.2) is 98.5 Å². The van der Waals surface area contributed by atoms with Crippen molar-refractivity contribution in [2.75, 3.05) is 59.1 Å². The van der Waals surface area contributed by atoms with Crippen LogP contribution in [0.4, 0.5) is 0 Å². The summed E-state index contributed by atoms with van der Waals surface area (Å²) in [6.07, 6.45) is 3.92. The first-order valence-corrected chi connectivity index (χ1v) is 12.4. The van der Waals surface area contributed by atoms with E-state index in [1.165, 1.54) is 0 Å². The zero-order valence-electron chi connectivity index (χ0n) is 21.4. The summed E-state index contributed by atoms with van der Waals surface area (Å²) in [5.41, 5.74) is -0.838. The molecule has 0 radical (unpaired) electrons. The number of rotatable bonds is 14. The van der Waals surface area contributed by atoms with Crippen LogP contribution >= 0.6 is 0 Å². The molecular formula is C25H40N4O6. The number of amidine groups is 2. The second-order valence-corrected chi connectivity index (χ2v) is 9.03. The van der Waals surface area contributed by atoms with Gasteiger partial charge in [-0.2, -0.15) is 0 Å². The Labute approximate surface area is 208 Å². The van der Waals surface area contributed by atoms with Gasteiger partial charge in [0.15, 0.2) is 0 Å². The van der Waals surface area contributed by atoms with Crippen molar-refractivity contribution < 1.29 is 28.6 Å². The standard InChI is InChI=1S/C25H40N4O6/c1-5-22(30)33-17-25(6-2,18-34-23(31)9-15-28-13-7-11-26-20(28)3)19-35-24(32)10-16-29-14-8-12-27-21(29)4/h5H,1,6-19H2,2-4H3. The van der Waals surface area contributed by atoms with E-state index in [0.717, 1.165) is 56.8 Å². The molecule has 0 aromatic heterocycles. The second-order valence-electron chi connectivity index (χ2n) is 9.03. The first-order valence-electron chi connectivity index (χ1n) is 12.4. The predicted molar refractivity (Wildman–Crippen MR) is 133 cm³/mol. The number of hydrogen-bond acceptors (Lipinski definition) is 10. The molecule has 0 aromatic rings. The molecule has 0 N–H and O–H groups in total. The van der Waals surface area contributed by atoms with Crippen LogP contribution in [-0.2, 0) is 28.6 Å². The SMILES string of the molecule is C=CC(=O)OCC(CC)(COC(=O)CCN1CCCN=C1C)COC(=O)CCN1CCCN=C1C. The zero-order valence-corrected chi connectivity index (χ0v) is 21.4. The lowest BCUT2D eigenvalue weighted by Crippen LogP contribution is -2.40. The Bertz CT molecular complexity index is 760. The molecule has 0 atom stereocenters. The van der Waals surface area contributed by atoms with Crippen molar-refractivity contribution in [3.8, 4) is 0 Å². The van der Waals surface area contributed by atoms with Gasteiger partial charge in [-0.05, 0) is 33.1 Å². The molecule has 196 valence electrons. The van der Waals surface area contributed by atoms with Gasteiger partial charge in [0.05, 0.1) is 29.9 Å². The van der Waals surface area contributed by atoms with Crippen LogP contribution < -0.4 is 0 Å². The molecule has 0 saturated heterocycles. The number of ether oxygens (including phenoxy) is 3. The third-order valence-electron chi connectivity index (χ3n) is 6.46. The molecule has 2 rings (SSSR count). The lowest BCUT2D eigenvalue weighted by molar-refractivity contribution is -0.160. The van der Waals surface area contributed by atoms with Crippen LogP contribution in [0.2, 0.25) is 0 Å². The Hall–Kier alpha value is -2.91. The summed E-state index contributed by atoms with van der Waals surface area (Å²) in [5, 5.41) is 0. The Balaban J connectivity index is 1.88. The molecule has 0 aliphatic carbocycles. The highest BCUT2D eigenvalue weighted by molar-refractivity contribution is 5.82. The van der Waals surface area contributed by atoms with Crippen molar-refractivity contribution in [2.45, 2.75) is 52.9 Å². The fourth-order valence-electron chi connectivity index (χ4n) is 3.85. The van der Waals surface area contributed by atoms with E-state index >= 15 is 0 Å². The largest absolute Gasteiger partial charge is 0.465 e. The second kappa shape index (κ2) is 14.5. The number of hydrogen-bond donors (Lipinski definition) is 0. The van der Waals surface area contributed by atoms with Crippen molar-refractivity contribution in [3.05, 3.63) is 12.7 Å². The molecule has 10 heteroatoms. The predicted octanol–water partition coefficient (Wildman–Crippen LogP) is 2.23. The van der Waals surface area contributed by atoms with Gasteiger partial charge in [0.25, 0.3) is 0 Å². The molecule has 2 aliphatic rings. The monoisotopic (exact) mass is 492 g/mol. The van der Waals surface area contributed by atoms with Gasteiger partial charge in [0, 0.05) is 45.3 Å². The first-order chi connectivity index (χ1) is 16.8. The lowest BCUT2D eigenvalue weighted by Gasteiger charge is -2.31. The number of aliphatic imine (C=N–C) groups is 2. The van der Waals surface area contributed by atoms with Gasteiger partial charge in [0.1, 0.15) is 19.8 Å². The Morgan fingerprint density at radius 3 is 1.74 bits per heavy atom. The van der Waals surface area contributed by atoms with E-state index in [9.17, 15) is 14.4 Å². The molecule has 0 unspecified atom stereocenters. The maximum absolute atomic E-state index is 12.5. The van der Waals surface area contributed by atoms with Crippen LogP contribution in [0, 0.1) is 5.41 Å². The quantitative estimate of drug-likeness (QED) is 0.206. The first kappa shape index (κ1) is 28.3. The molecule has 2 aliphatic heterocycles. The van der Waals surface area contributed by atoms with E-state index in [1.807, 2.05) is 20.8 Å². The fraction of sp³-hybridized carbons (Fsp3) is 0.720. The maximum atomic E-state index is 12.5. The van der Waals surface area contributed by atoms with Crippen LogP contribution in [0.3, 0.4) is 0 Å². The smallest absolute Gasteiger partial charge is 0.330 e. The molecule has 10 nitrogen and oxygen atoms in total. The number of nitrogens with zero attached hydrogens (tertiary/aromatic N) is 4. The Kier molecular flexibility index (Phi) is 11.7. The summed E-state index contributed by atoms with van der Waals surface area (Å²) in [6, 6.07) is 0. The van der Waals surface area contributed by atoms with Crippen LogP contribution in [0.25, 0.3) is 0 Å². The minimum Gasteiger partial charge on any atom is -0.465 e. The van der Waals surface area contributed by atoms with Gasteiger partial charge in [-0.3, -0.25) is 19.6 Å². The minimum atomic E-state index is -0.838. The van der Waals surface area contributed by atoms with E-state index in [-0.39, 0.29) is 44.6 Å². The van der Waals surface area contributed by atoms with E-state index in [2.05, 4.69) is 26.4 Å². The summed E-state index contributed by atoms with van der Waals surface area (Å²) in [6.45, 7) is 13.5. The molecule has 2 heterocycles. The van der Waals surface area contributed by atoms with Crippen molar-refractivity contribution in [1.82, 2.24) is 9.80 Å². The van der Waals surface area contributed by atoms with Crippen molar-refractivity contribution >= 4 is 29.6 Å². The van der Waals surface area contributed by atoms with Gasteiger partial charge >= 0.3 is 17.9 Å². The molecule has 0 amide bonds. The molecule has 0 aromatic carbocycles. The average Bonchev–Trinajstić information content (AvgIpc) is 2.87. The Morgan fingerprint density at radius 2 is 1.34 bits per heavy atom. The Morgan fingerprint density at radius 1 is 0.886 bits per heavy atom. The fourth-order valence-corrected chi connectivity index (χ4v) is 3.85. The summed E-state index contributed by atoms with van der Waals surface area (Å²) < 4.78 is 16.4. The number of carbonyl (C=O) groups excluding carboxylic acids is 3. The molecule has 0 bridgehead atoms. The normalized spacial score (nSPS) is 16.2. The third kappa shape index (κ3) is 9.70. The van der Waals surface area contributed by atoms with Crippen molar-refractivity contribution in [2.24, 2.45) is 15.4 Å². The van der Waals surface area contributed by atoms with Crippen molar-refractivity contribution in [1.29, 1.82) is 0 Å². The van der Waals surface area contributed by atoms with Gasteiger partial charge in [0.2, 0.25) is 0 Å². The number of carbonyl (C=O) groups is 3. The summed E-state index contributed by atoms with van der Waals surface area (Å²) in [4.78, 5) is 49.5. The summed E-state index contributed by atoms with van der Waals surface area (Å²) in [5.74, 6) is 0.563. The van der Waals surface area contributed by atoms with Crippen LogP contribution in [0.15, 0.2) is 22.6 Å².